The second-order valence-corrected chi connectivity index (χ2v) is 2.79. The second-order valence-electron chi connectivity index (χ2n) is 1.26. The molecule has 3 nitrogen and oxygen atoms in total. The molecule has 0 saturated carbocycles. The van der Waals surface area contributed by atoms with E-state index < -0.39 is 11.3 Å². The molecule has 8 heavy (non-hydrogen) atoms. The highest BCUT2D eigenvalue weighted by atomic mass is 32.2. The van der Waals surface area contributed by atoms with Crippen molar-refractivity contribution in [3.63, 3.8) is 0 Å². The SMILES string of the molecule is CC(=O)[S]1N=CC=N1. The van der Waals surface area contributed by atoms with Gasteiger partial charge in [0.15, 0.2) is 0 Å². The minimum absolute atomic E-state index is 0.0231. The Morgan fingerprint density at radius 3 is 2.25 bits per heavy atom. The van der Waals surface area contributed by atoms with E-state index in [4.69, 9.17) is 0 Å². The van der Waals surface area contributed by atoms with Gasteiger partial charge < -0.3 is 0 Å². The maximum absolute atomic E-state index is 10.4. The second kappa shape index (κ2) is 2.09. The first-order chi connectivity index (χ1) is 3.80. The maximum Gasteiger partial charge on any atom is 0.217 e. The molecule has 0 saturated heterocycles. The molecule has 0 bridgehead atoms. The molecule has 1 aliphatic heterocycles. The summed E-state index contributed by atoms with van der Waals surface area (Å²) in [5.74, 6) is 0. The summed E-state index contributed by atoms with van der Waals surface area (Å²) in [5.41, 5.74) is 0. The summed E-state index contributed by atoms with van der Waals surface area (Å²) in [6, 6.07) is 0. The van der Waals surface area contributed by atoms with E-state index in [0.29, 0.717) is 0 Å². The predicted molar refractivity (Wildman–Crippen MR) is 35.3 cm³/mol. The van der Waals surface area contributed by atoms with Gasteiger partial charge in [0.1, 0.15) is 0 Å². The maximum atomic E-state index is 10.4. The largest absolute Gasteiger partial charge is 0.285 e. The number of rotatable bonds is 0. The van der Waals surface area contributed by atoms with Gasteiger partial charge in [-0.05, 0) is 0 Å². The average molecular weight is 129 g/mol. The molecule has 1 radical (unpaired) electrons. The molecule has 0 N–H and O–H groups in total. The molecular weight excluding hydrogens is 124 g/mol. The zero-order valence-corrected chi connectivity index (χ0v) is 5.18. The van der Waals surface area contributed by atoms with Gasteiger partial charge in [0.25, 0.3) is 0 Å². The molecule has 0 aliphatic carbocycles. The van der Waals surface area contributed by atoms with Crippen molar-refractivity contribution < 1.29 is 4.79 Å². The van der Waals surface area contributed by atoms with Crippen LogP contribution in [0.3, 0.4) is 0 Å². The fraction of sp³-hybridized carbons (Fsp3) is 0.250. The zero-order valence-electron chi connectivity index (χ0n) is 4.37. The van der Waals surface area contributed by atoms with E-state index in [0.717, 1.165) is 0 Å². The number of hydrogen-bond donors (Lipinski definition) is 0. The van der Waals surface area contributed by atoms with E-state index in [9.17, 15) is 4.79 Å². The molecule has 0 aromatic heterocycles. The van der Waals surface area contributed by atoms with Gasteiger partial charge in [-0.3, -0.25) is 4.79 Å². The van der Waals surface area contributed by atoms with E-state index in [2.05, 4.69) is 8.80 Å². The normalized spacial score (nSPS) is 17.6. The Morgan fingerprint density at radius 1 is 1.50 bits per heavy atom. The van der Waals surface area contributed by atoms with Crippen molar-refractivity contribution in [2.24, 2.45) is 8.80 Å². The van der Waals surface area contributed by atoms with Gasteiger partial charge in [-0.2, -0.15) is 0 Å². The number of carbonyl (C=O) groups is 1. The highest BCUT2D eigenvalue weighted by Gasteiger charge is 2.08. The van der Waals surface area contributed by atoms with Gasteiger partial charge >= 0.3 is 0 Å². The van der Waals surface area contributed by atoms with Crippen LogP contribution in [0, 0.1) is 0 Å². The summed E-state index contributed by atoms with van der Waals surface area (Å²) < 4.78 is 7.53. The Morgan fingerprint density at radius 2 is 2.00 bits per heavy atom. The van der Waals surface area contributed by atoms with Crippen LogP contribution in [0.1, 0.15) is 6.92 Å². The van der Waals surface area contributed by atoms with Crippen LogP contribution in [0.4, 0.5) is 0 Å². The molecule has 1 rings (SSSR count). The Bertz CT molecular complexity index is 151. The Labute approximate surface area is 50.1 Å². The van der Waals surface area contributed by atoms with Gasteiger partial charge in [0.2, 0.25) is 5.12 Å². The molecule has 0 atom stereocenters. The summed E-state index contributed by atoms with van der Waals surface area (Å²) in [4.78, 5) is 10.4. The van der Waals surface area contributed by atoms with Crippen molar-refractivity contribution >= 4 is 28.8 Å². The third-order valence-electron chi connectivity index (χ3n) is 0.645. The minimum atomic E-state index is -0.679. The van der Waals surface area contributed by atoms with Crippen molar-refractivity contribution in [2.45, 2.75) is 6.92 Å². The van der Waals surface area contributed by atoms with Crippen LogP contribution in [0.2, 0.25) is 0 Å². The third-order valence-corrected chi connectivity index (χ3v) is 1.80. The van der Waals surface area contributed by atoms with Gasteiger partial charge in [0.05, 0.1) is 23.7 Å². The lowest BCUT2D eigenvalue weighted by molar-refractivity contribution is -0.109. The fourth-order valence-electron chi connectivity index (χ4n) is 0.345. The molecule has 1 heterocycles. The highest BCUT2D eigenvalue weighted by molar-refractivity contribution is 8.28. The molecule has 43 valence electrons. The minimum Gasteiger partial charge on any atom is -0.285 e. The Balaban J connectivity index is 2.62. The van der Waals surface area contributed by atoms with Crippen LogP contribution in [0.15, 0.2) is 8.80 Å². The van der Waals surface area contributed by atoms with Crippen LogP contribution in [-0.4, -0.2) is 17.5 Å². The quantitative estimate of drug-likeness (QED) is 0.476. The smallest absolute Gasteiger partial charge is 0.217 e. The van der Waals surface area contributed by atoms with Crippen LogP contribution < -0.4 is 0 Å². The van der Waals surface area contributed by atoms with Gasteiger partial charge in [-0.25, -0.2) is 8.80 Å². The molecular formula is C4H5N2OS. The average Bonchev–Trinajstić information content (AvgIpc) is 2.12. The van der Waals surface area contributed by atoms with E-state index in [1.807, 2.05) is 0 Å². The van der Waals surface area contributed by atoms with E-state index in [1.54, 1.807) is 12.4 Å². The lowest BCUT2D eigenvalue weighted by atomic mass is 10.9. The number of nitrogens with zero attached hydrogens (tertiary/aromatic N) is 2. The van der Waals surface area contributed by atoms with Gasteiger partial charge in [-0.15, -0.1) is 0 Å². The zero-order chi connectivity index (χ0) is 5.98. The molecule has 4 heteroatoms. The van der Waals surface area contributed by atoms with Crippen LogP contribution in [0.5, 0.6) is 0 Å². The summed E-state index contributed by atoms with van der Waals surface area (Å²) in [6.07, 6.45) is 3.09. The van der Waals surface area contributed by atoms with Crippen LogP contribution in [-0.2, 0) is 4.79 Å². The molecule has 0 aromatic rings. The van der Waals surface area contributed by atoms with Gasteiger partial charge in [0, 0.05) is 6.92 Å². The van der Waals surface area contributed by atoms with Crippen molar-refractivity contribution in [3.8, 4) is 0 Å². The summed E-state index contributed by atoms with van der Waals surface area (Å²) in [6.45, 7) is 1.49. The molecule has 0 amide bonds. The summed E-state index contributed by atoms with van der Waals surface area (Å²) >= 11 is -0.679. The van der Waals surface area contributed by atoms with Gasteiger partial charge in [-0.1, -0.05) is 0 Å². The fourth-order valence-corrected chi connectivity index (χ4v) is 1.04. The molecule has 0 fully saturated rings. The van der Waals surface area contributed by atoms with Crippen molar-refractivity contribution in [2.75, 3.05) is 0 Å². The molecule has 1 aliphatic rings. The standard InChI is InChI=1S/C4H5N2OS/c1-4(7)8-5-2-3-6-8/h2-3H,1H3. The summed E-state index contributed by atoms with van der Waals surface area (Å²) in [5, 5.41) is 0.0231. The van der Waals surface area contributed by atoms with Crippen molar-refractivity contribution in [3.05, 3.63) is 0 Å². The Hall–Kier alpha value is -0.640. The van der Waals surface area contributed by atoms with E-state index in [-0.39, 0.29) is 5.12 Å². The monoisotopic (exact) mass is 129 g/mol. The lowest BCUT2D eigenvalue weighted by Crippen LogP contribution is -1.82. The molecule has 0 unspecified atom stereocenters. The molecule has 0 aromatic carbocycles. The first-order valence-corrected chi connectivity index (χ1v) is 3.26. The topological polar surface area (TPSA) is 41.8 Å². The van der Waals surface area contributed by atoms with E-state index in [1.165, 1.54) is 6.92 Å². The van der Waals surface area contributed by atoms with E-state index >= 15 is 0 Å². The number of carbonyl (C=O) groups excluding carboxylic acids is 1. The molecule has 0 spiro atoms. The lowest BCUT2D eigenvalue weighted by Gasteiger charge is -1.94. The van der Waals surface area contributed by atoms with Crippen molar-refractivity contribution in [1.82, 2.24) is 0 Å². The van der Waals surface area contributed by atoms with Crippen LogP contribution in [0.25, 0.3) is 0 Å². The highest BCUT2D eigenvalue weighted by Crippen LogP contribution is 2.29. The van der Waals surface area contributed by atoms with Crippen molar-refractivity contribution in [1.29, 1.82) is 0 Å². The first kappa shape index (κ1) is 5.50. The Kier molecular flexibility index (Phi) is 1.43. The third kappa shape index (κ3) is 0.949. The predicted octanol–water partition coefficient (Wildman–Crippen LogP) is 0.787. The first-order valence-electron chi connectivity index (χ1n) is 2.12. The number of hydrogen-bond acceptors (Lipinski definition) is 3. The summed E-state index contributed by atoms with van der Waals surface area (Å²) in [7, 11) is 0. The van der Waals surface area contributed by atoms with Crippen LogP contribution >= 0.6 is 11.3 Å².